The summed E-state index contributed by atoms with van der Waals surface area (Å²) in [6.45, 7) is 3.72. The number of aryl methyl sites for hydroxylation is 1. The summed E-state index contributed by atoms with van der Waals surface area (Å²) in [5.74, 6) is 1.20. The lowest BCUT2D eigenvalue weighted by molar-refractivity contribution is 0.313. The van der Waals surface area contributed by atoms with Gasteiger partial charge in [0, 0.05) is 62.3 Å². The van der Waals surface area contributed by atoms with Crippen LogP contribution in [0.3, 0.4) is 0 Å². The zero-order valence-corrected chi connectivity index (χ0v) is 24.8. The summed E-state index contributed by atoms with van der Waals surface area (Å²) >= 11 is 6.42. The van der Waals surface area contributed by atoms with Crippen molar-refractivity contribution in [3.05, 3.63) is 60.0 Å². The number of sulfonamides is 1. The van der Waals surface area contributed by atoms with E-state index in [1.165, 1.54) is 6.20 Å². The van der Waals surface area contributed by atoms with Crippen molar-refractivity contribution in [2.75, 3.05) is 66.8 Å². The first kappa shape index (κ1) is 28.5. The van der Waals surface area contributed by atoms with Gasteiger partial charge in [-0.3, -0.25) is 9.40 Å². The third kappa shape index (κ3) is 6.81. The zero-order valence-electron chi connectivity index (χ0n) is 23.2. The summed E-state index contributed by atoms with van der Waals surface area (Å²) in [5.41, 5.74) is 4.54. The van der Waals surface area contributed by atoms with Crippen LogP contribution >= 0.6 is 11.6 Å². The number of aromatic nitrogens is 4. The van der Waals surface area contributed by atoms with Crippen LogP contribution < -0.4 is 25.0 Å². The minimum absolute atomic E-state index is 0.262. The molecule has 0 radical (unpaired) electrons. The highest BCUT2D eigenvalue weighted by atomic mass is 35.5. The molecule has 1 aliphatic rings. The molecule has 2 aromatic carbocycles. The second-order valence-corrected chi connectivity index (χ2v) is 12.0. The average Bonchev–Trinajstić information content (AvgIpc) is 3.37. The van der Waals surface area contributed by atoms with E-state index in [0.717, 1.165) is 49.2 Å². The third-order valence-corrected chi connectivity index (χ3v) is 7.51. The minimum Gasteiger partial charge on any atom is -0.494 e. The van der Waals surface area contributed by atoms with Gasteiger partial charge in [0.15, 0.2) is 5.82 Å². The van der Waals surface area contributed by atoms with Gasteiger partial charge in [-0.25, -0.2) is 13.4 Å². The molecule has 1 fully saturated rings. The molecule has 0 unspecified atom stereocenters. The maximum absolute atomic E-state index is 11.8. The molecule has 0 amide bonds. The molecule has 4 aromatic rings. The molecule has 0 bridgehead atoms. The highest BCUT2D eigenvalue weighted by molar-refractivity contribution is 7.92. The lowest BCUT2D eigenvalue weighted by Gasteiger charge is -2.35. The summed E-state index contributed by atoms with van der Waals surface area (Å²) in [6.07, 6.45) is 6.38. The van der Waals surface area contributed by atoms with Crippen molar-refractivity contribution in [3.8, 4) is 16.9 Å². The Bertz CT molecular complexity index is 1650. The van der Waals surface area contributed by atoms with Gasteiger partial charge in [0.25, 0.3) is 0 Å². The fraction of sp³-hybridized carbons (Fsp3) is 0.296. The number of para-hydroxylation sites is 2. The van der Waals surface area contributed by atoms with Crippen LogP contribution in [0.1, 0.15) is 0 Å². The van der Waals surface area contributed by atoms with E-state index < -0.39 is 10.0 Å². The molecular formula is C27H32ClN9O3S. The smallest absolute Gasteiger partial charge is 0.229 e. The van der Waals surface area contributed by atoms with Crippen molar-refractivity contribution in [1.82, 2.24) is 24.6 Å². The van der Waals surface area contributed by atoms with Gasteiger partial charge < -0.3 is 25.2 Å². The van der Waals surface area contributed by atoms with Gasteiger partial charge in [-0.15, -0.1) is 0 Å². The van der Waals surface area contributed by atoms with Crippen LogP contribution in [0.5, 0.6) is 5.75 Å². The zero-order chi connectivity index (χ0) is 29.1. The van der Waals surface area contributed by atoms with Crippen molar-refractivity contribution in [3.63, 3.8) is 0 Å². The van der Waals surface area contributed by atoms with Gasteiger partial charge in [-0.05, 0) is 25.2 Å². The maximum atomic E-state index is 11.8. The predicted octanol–water partition coefficient (Wildman–Crippen LogP) is 4.15. The van der Waals surface area contributed by atoms with Gasteiger partial charge in [-0.1, -0.05) is 23.7 Å². The van der Waals surface area contributed by atoms with Gasteiger partial charge in [0.05, 0.1) is 42.8 Å². The van der Waals surface area contributed by atoms with Crippen LogP contribution in [0.4, 0.5) is 34.5 Å². The van der Waals surface area contributed by atoms with Crippen molar-refractivity contribution in [2.24, 2.45) is 7.05 Å². The van der Waals surface area contributed by atoms with Crippen molar-refractivity contribution in [2.45, 2.75) is 0 Å². The van der Waals surface area contributed by atoms with E-state index in [2.05, 4.69) is 47.3 Å². The van der Waals surface area contributed by atoms with Crippen molar-refractivity contribution < 1.29 is 13.2 Å². The molecule has 3 heterocycles. The second kappa shape index (κ2) is 11.8. The van der Waals surface area contributed by atoms with E-state index >= 15 is 0 Å². The lowest BCUT2D eigenvalue weighted by Crippen LogP contribution is -2.44. The third-order valence-electron chi connectivity index (χ3n) is 6.64. The SMILES string of the molecule is COc1cc(N2CCN(C)CC2)c(-c2cnn(C)c2)cc1Nc1ncc(Cl)c(Nc2ccccc2NS(C)(=O)=O)n1. The number of hydrogen-bond acceptors (Lipinski definition) is 10. The first-order chi connectivity index (χ1) is 19.6. The number of methoxy groups -OCH3 is 1. The average molecular weight is 598 g/mol. The molecule has 12 nitrogen and oxygen atoms in total. The lowest BCUT2D eigenvalue weighted by atomic mass is 10.0. The number of anilines is 6. The van der Waals surface area contributed by atoms with Crippen LogP contribution in [0.25, 0.3) is 11.1 Å². The number of hydrogen-bond donors (Lipinski definition) is 3. The van der Waals surface area contributed by atoms with Gasteiger partial charge in [0.2, 0.25) is 16.0 Å². The second-order valence-electron chi connectivity index (χ2n) is 9.82. The summed E-state index contributed by atoms with van der Waals surface area (Å²) in [5, 5.41) is 11.0. The number of halogens is 1. The molecule has 0 spiro atoms. The minimum atomic E-state index is -3.49. The topological polar surface area (TPSA) is 130 Å². The van der Waals surface area contributed by atoms with Crippen LogP contribution in [-0.4, -0.2) is 79.7 Å². The van der Waals surface area contributed by atoms with E-state index in [1.807, 2.05) is 31.6 Å². The van der Waals surface area contributed by atoms with E-state index in [0.29, 0.717) is 28.6 Å². The largest absolute Gasteiger partial charge is 0.494 e. The molecule has 5 rings (SSSR count). The van der Waals surface area contributed by atoms with Gasteiger partial charge in [0.1, 0.15) is 10.8 Å². The molecule has 2 aromatic heterocycles. The molecule has 41 heavy (non-hydrogen) atoms. The molecule has 14 heteroatoms. The predicted molar refractivity (Wildman–Crippen MR) is 163 cm³/mol. The number of nitrogens with zero attached hydrogens (tertiary/aromatic N) is 6. The Balaban J connectivity index is 1.49. The maximum Gasteiger partial charge on any atom is 0.229 e. The fourth-order valence-electron chi connectivity index (χ4n) is 4.58. The molecule has 3 N–H and O–H groups in total. The van der Waals surface area contributed by atoms with Crippen LogP contribution in [-0.2, 0) is 17.1 Å². The molecule has 0 aliphatic carbocycles. The van der Waals surface area contributed by atoms with Crippen LogP contribution in [0.15, 0.2) is 55.0 Å². The fourth-order valence-corrected chi connectivity index (χ4v) is 5.30. The van der Waals surface area contributed by atoms with E-state index in [9.17, 15) is 8.42 Å². The Labute approximate surface area is 244 Å². The highest BCUT2D eigenvalue weighted by Gasteiger charge is 2.22. The van der Waals surface area contributed by atoms with Crippen molar-refractivity contribution in [1.29, 1.82) is 0 Å². The Hall–Kier alpha value is -4.07. The normalized spacial score (nSPS) is 14.1. The molecular weight excluding hydrogens is 566 g/mol. The summed E-state index contributed by atoms with van der Waals surface area (Å²) in [7, 11) is 2.15. The van der Waals surface area contributed by atoms with Crippen molar-refractivity contribution >= 4 is 56.1 Å². The van der Waals surface area contributed by atoms with E-state index in [1.54, 1.807) is 36.1 Å². The first-order valence-corrected chi connectivity index (χ1v) is 15.1. The summed E-state index contributed by atoms with van der Waals surface area (Å²) in [4.78, 5) is 13.6. The molecule has 1 aliphatic heterocycles. The molecule has 0 saturated carbocycles. The first-order valence-electron chi connectivity index (χ1n) is 12.9. The van der Waals surface area contributed by atoms with Gasteiger partial charge >= 0.3 is 0 Å². The van der Waals surface area contributed by atoms with Crippen LogP contribution in [0.2, 0.25) is 5.02 Å². The summed E-state index contributed by atoms with van der Waals surface area (Å²) < 4.78 is 33.7. The molecule has 216 valence electrons. The summed E-state index contributed by atoms with van der Waals surface area (Å²) in [6, 6.07) is 10.9. The molecule has 0 atom stereocenters. The quantitative estimate of drug-likeness (QED) is 0.259. The van der Waals surface area contributed by atoms with E-state index in [-0.39, 0.29) is 11.0 Å². The Morgan fingerprint density at radius 1 is 0.976 bits per heavy atom. The number of piperazine rings is 1. The highest BCUT2D eigenvalue weighted by Crippen LogP contribution is 2.41. The number of rotatable bonds is 9. The Morgan fingerprint density at radius 2 is 1.71 bits per heavy atom. The number of benzene rings is 2. The van der Waals surface area contributed by atoms with Crippen LogP contribution in [0, 0.1) is 0 Å². The Kier molecular flexibility index (Phi) is 8.20. The number of likely N-dealkylation sites (N-methyl/N-ethyl adjacent to an activating group) is 1. The number of ether oxygens (including phenoxy) is 1. The Morgan fingerprint density at radius 3 is 2.37 bits per heavy atom. The standard InChI is InChI=1S/C27H32ClN9O3S/c1-35-9-11-37(12-10-35)24-14-25(40-3)23(13-19(24)18-15-30-36(2)17-18)32-27-29-16-20(28)26(33-27)31-21-7-5-6-8-22(21)34-41(4,38)39/h5-8,13-17,34H,9-12H2,1-4H3,(H2,29,31,32,33). The van der Waals surface area contributed by atoms with Gasteiger partial charge in [-0.2, -0.15) is 10.1 Å². The number of nitrogens with one attached hydrogen (secondary N) is 3. The monoisotopic (exact) mass is 597 g/mol. The molecule has 1 saturated heterocycles. The van der Waals surface area contributed by atoms with E-state index in [4.69, 9.17) is 16.3 Å².